The largest absolute Gasteiger partial charge is 0.457 e. The zero-order valence-corrected chi connectivity index (χ0v) is 18.9. The molecular weight excluding hydrogens is 402 g/mol. The van der Waals surface area contributed by atoms with E-state index in [4.69, 9.17) is 9.47 Å². The number of esters is 2. The number of pyridine rings is 1. The standard InChI is InChI=1S/C27H31NO4/c1-3-25(29)31-18-8-10-19-17(16-18)7-9-21-20(19)13-14-27(2)22(21)11-12-24(27)32-26(30)23-6-4-5-15-28-23/h4-6,8,10,15-16,20-22,24H,3,7,9,11-14H2,1-2H3/t20-,21-,22-,24-,27-/m0/s1. The second-order valence-electron chi connectivity index (χ2n) is 9.83. The van der Waals surface area contributed by atoms with Gasteiger partial charge in [-0.25, -0.2) is 9.78 Å². The van der Waals surface area contributed by atoms with Crippen LogP contribution in [0.5, 0.6) is 5.75 Å². The van der Waals surface area contributed by atoms with Crippen LogP contribution in [0.2, 0.25) is 0 Å². The maximum atomic E-state index is 12.7. The molecule has 0 amide bonds. The van der Waals surface area contributed by atoms with Gasteiger partial charge in [-0.2, -0.15) is 0 Å². The van der Waals surface area contributed by atoms with Crippen molar-refractivity contribution in [3.8, 4) is 5.75 Å². The molecule has 168 valence electrons. The Morgan fingerprint density at radius 2 is 2.00 bits per heavy atom. The first kappa shape index (κ1) is 21.2. The summed E-state index contributed by atoms with van der Waals surface area (Å²) in [5.41, 5.74) is 3.17. The van der Waals surface area contributed by atoms with Crippen LogP contribution in [0.1, 0.15) is 79.9 Å². The smallest absolute Gasteiger partial charge is 0.357 e. The third-order valence-corrected chi connectivity index (χ3v) is 8.25. The average molecular weight is 434 g/mol. The molecule has 5 heteroatoms. The summed E-state index contributed by atoms with van der Waals surface area (Å²) in [6, 6.07) is 11.6. The van der Waals surface area contributed by atoms with Crippen molar-refractivity contribution < 1.29 is 19.1 Å². The summed E-state index contributed by atoms with van der Waals surface area (Å²) in [5, 5.41) is 0. The van der Waals surface area contributed by atoms with Crippen LogP contribution in [0, 0.1) is 17.3 Å². The normalized spacial score (nSPS) is 30.6. The molecule has 3 aliphatic carbocycles. The first-order chi connectivity index (χ1) is 15.5. The van der Waals surface area contributed by atoms with Crippen LogP contribution in [-0.4, -0.2) is 23.0 Å². The second-order valence-corrected chi connectivity index (χ2v) is 9.83. The summed E-state index contributed by atoms with van der Waals surface area (Å²) < 4.78 is 11.5. The number of hydrogen-bond acceptors (Lipinski definition) is 5. The fourth-order valence-corrected chi connectivity index (χ4v) is 6.64. The first-order valence-electron chi connectivity index (χ1n) is 11.9. The average Bonchev–Trinajstić information content (AvgIpc) is 3.15. The highest BCUT2D eigenvalue weighted by Crippen LogP contribution is 2.61. The Kier molecular flexibility index (Phi) is 5.52. The van der Waals surface area contributed by atoms with E-state index in [1.165, 1.54) is 11.1 Å². The van der Waals surface area contributed by atoms with Gasteiger partial charge in [-0.05, 0) is 91.7 Å². The van der Waals surface area contributed by atoms with Crippen LogP contribution in [0.25, 0.3) is 0 Å². The number of carbonyl (C=O) groups excluding carboxylic acids is 2. The van der Waals surface area contributed by atoms with Crippen LogP contribution >= 0.6 is 0 Å². The van der Waals surface area contributed by atoms with Gasteiger partial charge in [0, 0.05) is 18.0 Å². The highest BCUT2D eigenvalue weighted by atomic mass is 16.5. The molecule has 1 aromatic carbocycles. The predicted octanol–water partition coefficient (Wildman–Crippen LogP) is 5.48. The van der Waals surface area contributed by atoms with Crippen LogP contribution in [0.4, 0.5) is 0 Å². The van der Waals surface area contributed by atoms with Crippen molar-refractivity contribution in [2.75, 3.05) is 0 Å². The second kappa shape index (κ2) is 8.34. The Morgan fingerprint density at radius 3 is 2.78 bits per heavy atom. The predicted molar refractivity (Wildman–Crippen MR) is 120 cm³/mol. The number of benzene rings is 1. The van der Waals surface area contributed by atoms with Crippen molar-refractivity contribution in [2.24, 2.45) is 17.3 Å². The summed E-state index contributed by atoms with van der Waals surface area (Å²) in [6.07, 6.45) is 8.34. The van der Waals surface area contributed by atoms with Gasteiger partial charge in [0.2, 0.25) is 0 Å². The van der Waals surface area contributed by atoms with Gasteiger partial charge in [0.25, 0.3) is 0 Å². The molecule has 0 bridgehead atoms. The molecule has 0 spiro atoms. The maximum Gasteiger partial charge on any atom is 0.357 e. The van der Waals surface area contributed by atoms with Crippen LogP contribution in [0.3, 0.4) is 0 Å². The fraction of sp³-hybridized carbons (Fsp3) is 0.519. The molecule has 0 saturated heterocycles. The van der Waals surface area contributed by atoms with E-state index in [0.717, 1.165) is 38.5 Å². The summed E-state index contributed by atoms with van der Waals surface area (Å²) in [4.78, 5) is 28.5. The quantitative estimate of drug-likeness (QED) is 0.472. The number of aromatic nitrogens is 1. The molecule has 2 fully saturated rings. The molecule has 5 rings (SSSR count). The third-order valence-electron chi connectivity index (χ3n) is 8.25. The maximum absolute atomic E-state index is 12.7. The lowest BCUT2D eigenvalue weighted by atomic mass is 9.55. The van der Waals surface area contributed by atoms with Crippen LogP contribution in [-0.2, 0) is 16.0 Å². The van der Waals surface area contributed by atoms with Gasteiger partial charge < -0.3 is 9.47 Å². The monoisotopic (exact) mass is 433 g/mol. The Balaban J connectivity index is 1.33. The first-order valence-corrected chi connectivity index (χ1v) is 11.9. The van der Waals surface area contributed by atoms with Crippen molar-refractivity contribution in [1.29, 1.82) is 0 Å². The molecule has 1 heterocycles. The lowest BCUT2D eigenvalue weighted by Gasteiger charge is -2.50. The lowest BCUT2D eigenvalue weighted by Crippen LogP contribution is -2.45. The SMILES string of the molecule is CCC(=O)Oc1ccc2c(c1)CC[C@H]1[C@H]2CC[C@]2(C)[C@@H](OC(=O)c3ccccn3)CC[C@@H]12. The molecule has 5 atom stereocenters. The number of hydrogen-bond donors (Lipinski definition) is 0. The van der Waals surface area contributed by atoms with Crippen LogP contribution in [0.15, 0.2) is 42.6 Å². The van der Waals surface area contributed by atoms with Gasteiger partial charge in [-0.3, -0.25) is 4.79 Å². The van der Waals surface area contributed by atoms with E-state index < -0.39 is 0 Å². The van der Waals surface area contributed by atoms with Crippen molar-refractivity contribution >= 4 is 11.9 Å². The van der Waals surface area contributed by atoms with Gasteiger partial charge in [-0.1, -0.05) is 26.0 Å². The number of aryl methyl sites for hydroxylation is 1. The Hall–Kier alpha value is -2.69. The molecule has 2 aromatic rings. The zero-order chi connectivity index (χ0) is 22.3. The molecule has 32 heavy (non-hydrogen) atoms. The van der Waals surface area contributed by atoms with E-state index in [9.17, 15) is 9.59 Å². The van der Waals surface area contributed by atoms with Crippen molar-refractivity contribution in [3.63, 3.8) is 0 Å². The summed E-state index contributed by atoms with van der Waals surface area (Å²) in [5.74, 6) is 1.89. The Bertz CT molecular complexity index is 1020. The molecule has 0 radical (unpaired) electrons. The summed E-state index contributed by atoms with van der Waals surface area (Å²) >= 11 is 0. The molecule has 0 aliphatic heterocycles. The zero-order valence-electron chi connectivity index (χ0n) is 18.9. The minimum atomic E-state index is -0.303. The Labute approximate surface area is 189 Å². The van der Waals surface area contributed by atoms with Crippen molar-refractivity contribution in [2.45, 2.75) is 70.8 Å². The minimum absolute atomic E-state index is 0.0275. The molecule has 0 unspecified atom stereocenters. The third kappa shape index (κ3) is 3.62. The fourth-order valence-electron chi connectivity index (χ4n) is 6.64. The van der Waals surface area contributed by atoms with E-state index in [0.29, 0.717) is 35.6 Å². The molecule has 2 saturated carbocycles. The minimum Gasteiger partial charge on any atom is -0.457 e. The van der Waals surface area contributed by atoms with Gasteiger partial charge >= 0.3 is 11.9 Å². The highest BCUT2D eigenvalue weighted by Gasteiger charge is 2.56. The highest BCUT2D eigenvalue weighted by molar-refractivity contribution is 5.87. The topological polar surface area (TPSA) is 65.5 Å². The Morgan fingerprint density at radius 1 is 1.12 bits per heavy atom. The number of rotatable bonds is 4. The molecular formula is C27H31NO4. The molecule has 3 aliphatic rings. The van der Waals surface area contributed by atoms with Gasteiger partial charge in [0.05, 0.1) is 0 Å². The van der Waals surface area contributed by atoms with E-state index >= 15 is 0 Å². The van der Waals surface area contributed by atoms with E-state index in [2.05, 4.69) is 24.0 Å². The number of ether oxygens (including phenoxy) is 2. The number of nitrogens with zero attached hydrogens (tertiary/aromatic N) is 1. The molecule has 1 aromatic heterocycles. The summed E-state index contributed by atoms with van der Waals surface area (Å²) in [7, 11) is 0. The lowest BCUT2D eigenvalue weighted by molar-refractivity contribution is -0.134. The van der Waals surface area contributed by atoms with Crippen molar-refractivity contribution in [1.82, 2.24) is 4.98 Å². The van der Waals surface area contributed by atoms with E-state index in [1.807, 2.05) is 25.1 Å². The molecule has 5 nitrogen and oxygen atoms in total. The van der Waals surface area contributed by atoms with Gasteiger partial charge in [0.1, 0.15) is 17.5 Å². The van der Waals surface area contributed by atoms with Crippen molar-refractivity contribution in [3.05, 3.63) is 59.4 Å². The van der Waals surface area contributed by atoms with Crippen LogP contribution < -0.4 is 4.74 Å². The van der Waals surface area contributed by atoms with E-state index in [-0.39, 0.29) is 23.5 Å². The van der Waals surface area contributed by atoms with Gasteiger partial charge in [0.15, 0.2) is 0 Å². The van der Waals surface area contributed by atoms with Gasteiger partial charge in [-0.15, -0.1) is 0 Å². The van der Waals surface area contributed by atoms with E-state index in [1.54, 1.807) is 12.3 Å². The summed E-state index contributed by atoms with van der Waals surface area (Å²) in [6.45, 7) is 4.15. The number of carbonyl (C=O) groups is 2. The number of fused-ring (bicyclic) bond motifs is 5. The molecule has 0 N–H and O–H groups in total.